The van der Waals surface area contributed by atoms with Crippen LogP contribution in [0.15, 0.2) is 18.3 Å². The van der Waals surface area contributed by atoms with Crippen LogP contribution in [0.4, 0.5) is 10.6 Å². The van der Waals surface area contributed by atoms with Crippen molar-refractivity contribution < 1.29 is 23.6 Å². The van der Waals surface area contributed by atoms with Crippen LogP contribution in [-0.4, -0.2) is 46.9 Å². The normalized spacial score (nSPS) is 21.4. The van der Waals surface area contributed by atoms with Gasteiger partial charge in [0.2, 0.25) is 5.91 Å². The summed E-state index contributed by atoms with van der Waals surface area (Å²) in [5, 5.41) is 5.70. The maximum Gasteiger partial charge on any atom is 0.496 e. The summed E-state index contributed by atoms with van der Waals surface area (Å²) in [6, 6.07) is 2.89. The van der Waals surface area contributed by atoms with Crippen molar-refractivity contribution in [2.24, 2.45) is 5.92 Å². The fourth-order valence-electron chi connectivity index (χ4n) is 4.28. The minimum Gasteiger partial charge on any atom is -0.444 e. The topological polar surface area (TPSA) is 98.8 Å². The summed E-state index contributed by atoms with van der Waals surface area (Å²) in [7, 11) is -0.519. The molecule has 0 unspecified atom stereocenters. The van der Waals surface area contributed by atoms with Gasteiger partial charge in [-0.1, -0.05) is 31.7 Å². The summed E-state index contributed by atoms with van der Waals surface area (Å²) in [5.41, 5.74) is -0.739. The van der Waals surface area contributed by atoms with Gasteiger partial charge in [-0.3, -0.25) is 4.79 Å². The first-order valence-electron chi connectivity index (χ1n) is 12.4. The van der Waals surface area contributed by atoms with Crippen molar-refractivity contribution in [2.75, 3.05) is 5.32 Å². The highest BCUT2D eigenvalue weighted by Gasteiger charge is 2.51. The summed E-state index contributed by atoms with van der Waals surface area (Å²) in [5.74, 6) is 0.183. The van der Waals surface area contributed by atoms with Crippen molar-refractivity contribution in [2.45, 2.75) is 110 Å². The summed E-state index contributed by atoms with van der Waals surface area (Å²) in [6.45, 7) is 13.4. The number of aromatic nitrogens is 1. The minimum atomic E-state index is -0.683. The molecule has 2 heterocycles. The first-order chi connectivity index (χ1) is 15.8. The second kappa shape index (κ2) is 10.2. The molecule has 1 saturated carbocycles. The van der Waals surface area contributed by atoms with Crippen LogP contribution in [0.25, 0.3) is 0 Å². The Morgan fingerprint density at radius 1 is 1.06 bits per heavy atom. The molecule has 2 fully saturated rings. The molecule has 1 aromatic rings. The third-order valence-electron chi connectivity index (χ3n) is 6.89. The molecule has 1 aliphatic carbocycles. The number of nitrogens with one attached hydrogen (secondary N) is 2. The van der Waals surface area contributed by atoms with Crippen molar-refractivity contribution in [1.29, 1.82) is 0 Å². The molecule has 1 aromatic heterocycles. The van der Waals surface area contributed by atoms with E-state index in [-0.39, 0.29) is 11.8 Å². The van der Waals surface area contributed by atoms with Crippen LogP contribution >= 0.6 is 0 Å². The number of carbonyl (C=O) groups excluding carboxylic acids is 2. The molecule has 188 valence electrons. The Bertz CT molecular complexity index is 842. The molecule has 1 atom stereocenters. The molecule has 2 aliphatic rings. The molecule has 1 saturated heterocycles. The summed E-state index contributed by atoms with van der Waals surface area (Å²) in [6.07, 6.45) is 7.25. The molecule has 0 spiro atoms. The van der Waals surface area contributed by atoms with Gasteiger partial charge in [-0.25, -0.2) is 9.78 Å². The van der Waals surface area contributed by atoms with Crippen LogP contribution in [0.1, 0.15) is 87.0 Å². The second-order valence-electron chi connectivity index (χ2n) is 11.4. The number of anilines is 1. The van der Waals surface area contributed by atoms with Crippen LogP contribution in [0.2, 0.25) is 0 Å². The predicted molar refractivity (Wildman–Crippen MR) is 133 cm³/mol. The molecular formula is C25H40BN3O5. The average Bonchev–Trinajstić information content (AvgIpc) is 2.89. The lowest BCUT2D eigenvalue weighted by Gasteiger charge is -2.32. The van der Waals surface area contributed by atoms with Gasteiger partial charge in [-0.2, -0.15) is 0 Å². The van der Waals surface area contributed by atoms with Gasteiger partial charge >= 0.3 is 13.2 Å². The Labute approximate surface area is 204 Å². The Kier molecular flexibility index (Phi) is 7.97. The van der Waals surface area contributed by atoms with Crippen LogP contribution in [0.5, 0.6) is 0 Å². The van der Waals surface area contributed by atoms with E-state index in [1.807, 2.05) is 33.8 Å². The number of hydrogen-bond acceptors (Lipinski definition) is 6. The number of amides is 2. The van der Waals surface area contributed by atoms with Crippen molar-refractivity contribution >= 4 is 30.4 Å². The fraction of sp³-hybridized carbons (Fsp3) is 0.720. The maximum atomic E-state index is 13.3. The van der Waals surface area contributed by atoms with Gasteiger partial charge in [0.15, 0.2) is 0 Å². The van der Waals surface area contributed by atoms with Crippen molar-refractivity contribution in [3.8, 4) is 0 Å². The predicted octanol–water partition coefficient (Wildman–Crippen LogP) is 4.18. The Morgan fingerprint density at radius 2 is 1.65 bits per heavy atom. The average molecular weight is 473 g/mol. The number of ether oxygens (including phenoxy) is 1. The van der Waals surface area contributed by atoms with E-state index in [1.165, 1.54) is 0 Å². The second-order valence-corrected chi connectivity index (χ2v) is 11.4. The minimum absolute atomic E-state index is 0.0547. The molecule has 0 bridgehead atoms. The number of carbonyl (C=O) groups is 2. The Morgan fingerprint density at radius 3 is 2.15 bits per heavy atom. The van der Waals surface area contributed by atoms with E-state index < -0.39 is 36.1 Å². The number of rotatable bonds is 5. The lowest BCUT2D eigenvalue weighted by atomic mass is 9.80. The molecule has 34 heavy (non-hydrogen) atoms. The summed E-state index contributed by atoms with van der Waals surface area (Å²) in [4.78, 5) is 30.2. The van der Waals surface area contributed by atoms with Gasteiger partial charge in [-0.15, -0.1) is 0 Å². The molecule has 2 amide bonds. The van der Waals surface area contributed by atoms with Crippen molar-refractivity contribution in [1.82, 2.24) is 10.3 Å². The quantitative estimate of drug-likeness (QED) is 0.492. The van der Waals surface area contributed by atoms with E-state index >= 15 is 0 Å². The zero-order chi connectivity index (χ0) is 25.1. The molecule has 1 aliphatic heterocycles. The molecule has 9 heteroatoms. The fourth-order valence-corrected chi connectivity index (χ4v) is 4.28. The van der Waals surface area contributed by atoms with Crippen LogP contribution < -0.4 is 16.1 Å². The van der Waals surface area contributed by atoms with E-state index in [2.05, 4.69) is 15.6 Å². The molecule has 3 rings (SSSR count). The van der Waals surface area contributed by atoms with Gasteiger partial charge in [0.05, 0.1) is 11.2 Å². The molecule has 2 N–H and O–H groups in total. The highest BCUT2D eigenvalue weighted by atomic mass is 16.7. The monoisotopic (exact) mass is 473 g/mol. The van der Waals surface area contributed by atoms with Gasteiger partial charge < -0.3 is 24.7 Å². The van der Waals surface area contributed by atoms with E-state index in [9.17, 15) is 9.59 Å². The van der Waals surface area contributed by atoms with E-state index in [0.717, 1.165) is 44.0 Å². The van der Waals surface area contributed by atoms with E-state index in [1.54, 1.807) is 33.0 Å². The summed E-state index contributed by atoms with van der Waals surface area (Å²) < 4.78 is 17.6. The highest BCUT2D eigenvalue weighted by Crippen LogP contribution is 2.36. The van der Waals surface area contributed by atoms with Gasteiger partial charge in [0, 0.05) is 11.7 Å². The number of hydrogen-bond donors (Lipinski definition) is 2. The smallest absolute Gasteiger partial charge is 0.444 e. The van der Waals surface area contributed by atoms with Crippen LogP contribution in [0.3, 0.4) is 0 Å². The van der Waals surface area contributed by atoms with Gasteiger partial charge in [0.1, 0.15) is 17.5 Å². The maximum absolute atomic E-state index is 13.3. The highest BCUT2D eigenvalue weighted by molar-refractivity contribution is 6.62. The van der Waals surface area contributed by atoms with Crippen molar-refractivity contribution in [3.05, 3.63) is 18.3 Å². The SMILES string of the molecule is CC(C)(C)OC(=O)N[C@H](C(=O)Nc1ccc(B2OC(C)(C)C(C)(C)O2)cn1)C1CCCCCC1. The number of nitrogens with zero attached hydrogens (tertiary/aromatic N) is 1. The molecule has 0 aromatic carbocycles. The molecule has 8 nitrogen and oxygen atoms in total. The zero-order valence-electron chi connectivity index (χ0n) is 21.7. The zero-order valence-corrected chi connectivity index (χ0v) is 21.7. The lowest BCUT2D eigenvalue weighted by Crippen LogP contribution is -2.50. The largest absolute Gasteiger partial charge is 0.496 e. The molecule has 0 radical (unpaired) electrons. The molecular weight excluding hydrogens is 433 g/mol. The Hall–Kier alpha value is -2.13. The first kappa shape index (κ1) is 26.5. The lowest BCUT2D eigenvalue weighted by molar-refractivity contribution is -0.119. The van der Waals surface area contributed by atoms with E-state index in [4.69, 9.17) is 14.0 Å². The third kappa shape index (κ3) is 6.72. The third-order valence-corrected chi connectivity index (χ3v) is 6.89. The van der Waals surface area contributed by atoms with Crippen LogP contribution in [-0.2, 0) is 18.8 Å². The van der Waals surface area contributed by atoms with Gasteiger partial charge in [-0.05, 0) is 73.3 Å². The first-order valence-corrected chi connectivity index (χ1v) is 12.4. The Balaban J connectivity index is 1.69. The van der Waals surface area contributed by atoms with Crippen molar-refractivity contribution in [3.63, 3.8) is 0 Å². The standard InChI is InChI=1S/C25H40BN3O5/c1-23(2,3)32-22(31)29-20(17-12-10-8-9-11-13-17)21(30)28-19-15-14-18(16-27-19)26-33-24(4,5)25(6,7)34-26/h14-17,20H,8-13H2,1-7H3,(H,29,31)(H,27,28,30)/t20-/m0/s1. The van der Waals surface area contributed by atoms with Crippen LogP contribution in [0, 0.1) is 5.92 Å². The number of alkyl carbamates (subject to hydrolysis) is 1. The van der Waals surface area contributed by atoms with Gasteiger partial charge in [0.25, 0.3) is 0 Å². The number of pyridine rings is 1. The summed E-state index contributed by atoms with van der Waals surface area (Å²) >= 11 is 0. The van der Waals surface area contributed by atoms with E-state index in [0.29, 0.717) is 5.82 Å².